The normalized spacial score (nSPS) is 15.2. The van der Waals surface area contributed by atoms with Crippen molar-refractivity contribution in [3.63, 3.8) is 0 Å². The summed E-state index contributed by atoms with van der Waals surface area (Å²) in [5.41, 5.74) is 0.812. The summed E-state index contributed by atoms with van der Waals surface area (Å²) in [6.07, 6.45) is -0.996. The minimum atomic E-state index is -2.52. The van der Waals surface area contributed by atoms with Crippen molar-refractivity contribution < 1.29 is 18.1 Å². The van der Waals surface area contributed by atoms with Crippen molar-refractivity contribution in [1.82, 2.24) is 9.71 Å². The molecule has 1 N–H and O–H groups in total. The Labute approximate surface area is 121 Å². The van der Waals surface area contributed by atoms with E-state index < -0.39 is 24.4 Å². The van der Waals surface area contributed by atoms with Gasteiger partial charge in [-0.25, -0.2) is 13.8 Å². The Hall–Kier alpha value is -0.920. The lowest BCUT2D eigenvalue weighted by Gasteiger charge is -2.26. The highest BCUT2D eigenvalue weighted by Gasteiger charge is 2.28. The van der Waals surface area contributed by atoms with Crippen molar-refractivity contribution in [3.8, 4) is 5.88 Å². The third kappa shape index (κ3) is 5.60. The van der Waals surface area contributed by atoms with Crippen LogP contribution in [0.1, 0.15) is 39.3 Å². The number of hydrogen-bond acceptors (Lipinski definition) is 4. The number of ether oxygens (including phenoxy) is 1. The van der Waals surface area contributed by atoms with Crippen LogP contribution in [0.4, 0.5) is 8.78 Å². The minimum absolute atomic E-state index is 0.151. The van der Waals surface area contributed by atoms with Crippen molar-refractivity contribution in [2.24, 2.45) is 0 Å². The van der Waals surface area contributed by atoms with Gasteiger partial charge in [0.1, 0.15) is 4.75 Å². The zero-order valence-electron chi connectivity index (χ0n) is 12.0. The van der Waals surface area contributed by atoms with E-state index in [1.807, 2.05) is 27.7 Å². The molecule has 1 aromatic rings. The first-order chi connectivity index (χ1) is 9.20. The van der Waals surface area contributed by atoms with Crippen LogP contribution < -0.4 is 9.46 Å². The lowest BCUT2D eigenvalue weighted by molar-refractivity contribution is 0.0796. The second kappa shape index (κ2) is 7.19. The van der Waals surface area contributed by atoms with Crippen LogP contribution in [-0.4, -0.2) is 27.3 Å². The van der Waals surface area contributed by atoms with Gasteiger partial charge in [0.15, 0.2) is 6.61 Å². The van der Waals surface area contributed by atoms with Gasteiger partial charge in [-0.15, -0.1) is 4.72 Å². The predicted molar refractivity (Wildman–Crippen MR) is 75.2 cm³/mol. The van der Waals surface area contributed by atoms with Gasteiger partial charge in [0.05, 0.1) is 6.04 Å². The molecule has 0 amide bonds. The molecule has 0 bridgehead atoms. The van der Waals surface area contributed by atoms with Crippen molar-refractivity contribution in [1.29, 1.82) is 0 Å². The molecule has 0 aliphatic heterocycles. The summed E-state index contributed by atoms with van der Waals surface area (Å²) < 4.78 is 43.4. The SMILES string of the molecule is C[C@@H](N[S+]([O-])C(C)(C)C)c1ccc(OCC(F)F)nc1. The number of nitrogens with zero attached hydrogens (tertiary/aromatic N) is 1. The van der Waals surface area contributed by atoms with Gasteiger partial charge in [0.25, 0.3) is 6.43 Å². The molecule has 0 aliphatic rings. The fraction of sp³-hybridized carbons (Fsp3) is 0.615. The van der Waals surface area contributed by atoms with E-state index in [1.54, 1.807) is 6.07 Å². The molecule has 114 valence electrons. The monoisotopic (exact) mass is 306 g/mol. The van der Waals surface area contributed by atoms with Gasteiger partial charge >= 0.3 is 0 Å². The molecule has 7 heteroatoms. The summed E-state index contributed by atoms with van der Waals surface area (Å²) >= 11 is -1.19. The average Bonchev–Trinajstić information content (AvgIpc) is 2.35. The maximum absolute atomic E-state index is 12.0. The molecule has 4 nitrogen and oxygen atoms in total. The first kappa shape index (κ1) is 17.1. The fourth-order valence-electron chi connectivity index (χ4n) is 1.29. The lowest BCUT2D eigenvalue weighted by atomic mass is 10.2. The Morgan fingerprint density at radius 3 is 2.50 bits per heavy atom. The van der Waals surface area contributed by atoms with Gasteiger partial charge in [-0.3, -0.25) is 0 Å². The van der Waals surface area contributed by atoms with Crippen LogP contribution in [0, 0.1) is 0 Å². The Bertz CT molecular complexity index is 410. The number of aromatic nitrogens is 1. The summed E-state index contributed by atoms with van der Waals surface area (Å²) in [6, 6.07) is 3.08. The van der Waals surface area contributed by atoms with Crippen LogP contribution >= 0.6 is 0 Å². The van der Waals surface area contributed by atoms with E-state index in [0.29, 0.717) is 0 Å². The molecule has 0 radical (unpaired) electrons. The van der Waals surface area contributed by atoms with Crippen molar-refractivity contribution in [3.05, 3.63) is 23.9 Å². The molecule has 1 aromatic heterocycles. The van der Waals surface area contributed by atoms with E-state index >= 15 is 0 Å². The first-order valence-corrected chi connectivity index (χ1v) is 7.40. The third-order valence-corrected chi connectivity index (χ3v) is 4.14. The third-order valence-electron chi connectivity index (χ3n) is 2.46. The summed E-state index contributed by atoms with van der Waals surface area (Å²) in [6.45, 7) is 6.82. The molecule has 1 heterocycles. The van der Waals surface area contributed by atoms with Crippen LogP contribution in [0.25, 0.3) is 0 Å². The largest absolute Gasteiger partial charge is 0.598 e. The summed E-state index contributed by atoms with van der Waals surface area (Å²) in [5, 5.41) is 0. The van der Waals surface area contributed by atoms with E-state index in [4.69, 9.17) is 4.74 Å². The van der Waals surface area contributed by atoms with E-state index in [2.05, 4.69) is 9.71 Å². The number of pyridine rings is 1. The molecule has 1 rings (SSSR count). The zero-order valence-corrected chi connectivity index (χ0v) is 12.8. The number of hydrogen-bond donors (Lipinski definition) is 1. The van der Waals surface area contributed by atoms with E-state index in [-0.39, 0.29) is 16.7 Å². The Morgan fingerprint density at radius 2 is 2.05 bits per heavy atom. The second-order valence-corrected chi connectivity index (χ2v) is 7.35. The molecule has 1 unspecified atom stereocenters. The smallest absolute Gasteiger partial charge is 0.272 e. The van der Waals surface area contributed by atoms with Gasteiger partial charge in [0, 0.05) is 23.6 Å². The highest BCUT2D eigenvalue weighted by Crippen LogP contribution is 2.20. The van der Waals surface area contributed by atoms with Gasteiger partial charge in [0.2, 0.25) is 5.88 Å². The quantitative estimate of drug-likeness (QED) is 0.821. The molecule has 0 aromatic carbocycles. The Kier molecular flexibility index (Phi) is 6.16. The minimum Gasteiger partial charge on any atom is -0.598 e. The van der Waals surface area contributed by atoms with Crippen LogP contribution in [0.3, 0.4) is 0 Å². The van der Waals surface area contributed by atoms with Crippen molar-refractivity contribution >= 4 is 11.4 Å². The van der Waals surface area contributed by atoms with E-state index in [1.165, 1.54) is 12.3 Å². The fourth-order valence-corrected chi connectivity index (χ4v) is 2.10. The van der Waals surface area contributed by atoms with Crippen LogP contribution in [0.5, 0.6) is 5.88 Å². The van der Waals surface area contributed by atoms with Crippen LogP contribution in [-0.2, 0) is 11.4 Å². The second-order valence-electron chi connectivity index (χ2n) is 5.35. The molecule has 20 heavy (non-hydrogen) atoms. The predicted octanol–water partition coefficient (Wildman–Crippen LogP) is 2.84. The number of rotatable bonds is 6. The molecule has 2 atom stereocenters. The molecular weight excluding hydrogens is 286 g/mol. The lowest BCUT2D eigenvalue weighted by Crippen LogP contribution is -2.40. The van der Waals surface area contributed by atoms with Gasteiger partial charge in [-0.2, -0.15) is 0 Å². The average molecular weight is 306 g/mol. The maximum Gasteiger partial charge on any atom is 0.272 e. The molecule has 0 saturated heterocycles. The molecule has 0 fully saturated rings. The number of nitrogens with one attached hydrogen (secondary N) is 1. The highest BCUT2D eigenvalue weighted by atomic mass is 32.2. The Balaban J connectivity index is 2.59. The zero-order chi connectivity index (χ0) is 15.3. The van der Waals surface area contributed by atoms with Crippen LogP contribution in [0.2, 0.25) is 0 Å². The molecule has 0 aliphatic carbocycles. The molecular formula is C13H20F2N2O2S. The van der Waals surface area contributed by atoms with E-state index in [0.717, 1.165) is 5.56 Å². The van der Waals surface area contributed by atoms with Crippen molar-refractivity contribution in [2.45, 2.75) is 44.9 Å². The standard InChI is InChI=1S/C13H20F2N2O2S/c1-9(17-20(18)13(2,3)4)10-5-6-12(16-7-10)19-8-11(14)15/h5-7,9,11,17H,8H2,1-4H3/t9-,20?/m1/s1. The van der Waals surface area contributed by atoms with E-state index in [9.17, 15) is 13.3 Å². The van der Waals surface area contributed by atoms with Gasteiger partial charge < -0.3 is 9.29 Å². The van der Waals surface area contributed by atoms with Crippen LogP contribution in [0.15, 0.2) is 18.3 Å². The molecule has 0 spiro atoms. The maximum atomic E-state index is 12.0. The summed E-state index contributed by atoms with van der Waals surface area (Å²) in [4.78, 5) is 3.95. The summed E-state index contributed by atoms with van der Waals surface area (Å²) in [5.74, 6) is 0.151. The first-order valence-electron chi connectivity index (χ1n) is 6.25. The Morgan fingerprint density at radius 1 is 1.40 bits per heavy atom. The van der Waals surface area contributed by atoms with Crippen molar-refractivity contribution in [2.75, 3.05) is 6.61 Å². The number of halogens is 2. The molecule has 0 saturated carbocycles. The van der Waals surface area contributed by atoms with Gasteiger partial charge in [-0.1, -0.05) is 6.07 Å². The number of alkyl halides is 2. The van der Waals surface area contributed by atoms with Gasteiger partial charge in [-0.05, 0) is 33.3 Å². The topological polar surface area (TPSA) is 57.2 Å². The summed E-state index contributed by atoms with van der Waals surface area (Å²) in [7, 11) is 0. The highest BCUT2D eigenvalue weighted by molar-refractivity contribution is 7.90.